The Morgan fingerprint density at radius 1 is 0.694 bits per heavy atom. The standard InChI is InChI=1S/C31H21NO4/c33-29(24-16-18-26(19-17-24)32(34)35)20-27(22-10-4-1-5-11-22)31-28(23-12-6-2-7-13-23)21-30(36-31)25-14-8-3-9-15-25/h1-21H. The summed E-state index contributed by atoms with van der Waals surface area (Å²) in [6.07, 6.45) is 1.54. The molecule has 5 aromatic rings. The molecular formula is C31H21NO4. The summed E-state index contributed by atoms with van der Waals surface area (Å²) in [6.45, 7) is 0. The number of nitrogens with zero attached hydrogens (tertiary/aromatic N) is 1. The number of hydrogen-bond donors (Lipinski definition) is 0. The summed E-state index contributed by atoms with van der Waals surface area (Å²) in [5, 5.41) is 11.0. The van der Waals surface area contributed by atoms with Crippen molar-refractivity contribution < 1.29 is 14.1 Å². The number of benzene rings is 4. The zero-order valence-electron chi connectivity index (χ0n) is 19.2. The number of allylic oxidation sites excluding steroid dienone is 1. The van der Waals surface area contributed by atoms with Crippen LogP contribution in [0.4, 0.5) is 5.69 Å². The number of carbonyl (C=O) groups is 1. The molecule has 0 unspecified atom stereocenters. The van der Waals surface area contributed by atoms with Crippen LogP contribution in [0, 0.1) is 10.1 Å². The first-order chi connectivity index (χ1) is 17.6. The summed E-state index contributed by atoms with van der Waals surface area (Å²) in [5.74, 6) is 0.982. The Hall–Kier alpha value is -5.03. The number of nitro benzene ring substituents is 1. The zero-order chi connectivity index (χ0) is 24.9. The van der Waals surface area contributed by atoms with Crippen molar-refractivity contribution in [2.24, 2.45) is 0 Å². The minimum Gasteiger partial charge on any atom is -0.455 e. The van der Waals surface area contributed by atoms with Crippen LogP contribution >= 0.6 is 0 Å². The highest BCUT2D eigenvalue weighted by atomic mass is 16.6. The molecule has 0 aliphatic carbocycles. The molecule has 0 saturated heterocycles. The van der Waals surface area contributed by atoms with Gasteiger partial charge >= 0.3 is 0 Å². The van der Waals surface area contributed by atoms with Crippen molar-refractivity contribution in [1.29, 1.82) is 0 Å². The van der Waals surface area contributed by atoms with Crippen molar-refractivity contribution in [1.82, 2.24) is 0 Å². The van der Waals surface area contributed by atoms with Crippen LogP contribution in [0.15, 0.2) is 132 Å². The van der Waals surface area contributed by atoms with E-state index in [1.54, 1.807) is 0 Å². The minimum absolute atomic E-state index is 0.0660. The normalized spacial score (nSPS) is 11.3. The third-order valence-corrected chi connectivity index (χ3v) is 5.84. The van der Waals surface area contributed by atoms with E-state index in [0.717, 1.165) is 22.3 Å². The molecule has 0 saturated carbocycles. The highest BCUT2D eigenvalue weighted by molar-refractivity contribution is 6.11. The van der Waals surface area contributed by atoms with E-state index in [2.05, 4.69) is 0 Å². The third kappa shape index (κ3) is 4.76. The van der Waals surface area contributed by atoms with Gasteiger partial charge in [0.15, 0.2) is 5.78 Å². The Morgan fingerprint density at radius 3 is 1.83 bits per heavy atom. The lowest BCUT2D eigenvalue weighted by molar-refractivity contribution is -0.384. The number of carbonyl (C=O) groups excluding carboxylic acids is 1. The summed E-state index contributed by atoms with van der Waals surface area (Å²) in [7, 11) is 0. The monoisotopic (exact) mass is 471 g/mol. The Bertz CT molecular complexity index is 1540. The molecule has 4 aromatic carbocycles. The van der Waals surface area contributed by atoms with Crippen molar-refractivity contribution >= 4 is 17.0 Å². The van der Waals surface area contributed by atoms with Crippen LogP contribution < -0.4 is 0 Å². The second kappa shape index (κ2) is 10.1. The van der Waals surface area contributed by atoms with Gasteiger partial charge in [-0.3, -0.25) is 14.9 Å². The topological polar surface area (TPSA) is 73.3 Å². The van der Waals surface area contributed by atoms with Gasteiger partial charge in [-0.25, -0.2) is 0 Å². The fraction of sp³-hybridized carbons (Fsp3) is 0. The van der Waals surface area contributed by atoms with Gasteiger partial charge < -0.3 is 4.42 Å². The van der Waals surface area contributed by atoms with Gasteiger partial charge in [0.1, 0.15) is 11.5 Å². The van der Waals surface area contributed by atoms with Gasteiger partial charge in [0, 0.05) is 34.4 Å². The number of non-ortho nitro benzene ring substituents is 1. The molecule has 5 rings (SSSR count). The van der Waals surface area contributed by atoms with Crippen molar-refractivity contribution in [2.45, 2.75) is 0 Å². The van der Waals surface area contributed by atoms with Gasteiger partial charge in [-0.15, -0.1) is 0 Å². The van der Waals surface area contributed by atoms with Gasteiger partial charge in [0.2, 0.25) is 0 Å². The molecule has 1 aromatic heterocycles. The van der Waals surface area contributed by atoms with Crippen molar-refractivity contribution in [2.75, 3.05) is 0 Å². The van der Waals surface area contributed by atoms with E-state index < -0.39 is 4.92 Å². The van der Waals surface area contributed by atoms with E-state index in [9.17, 15) is 14.9 Å². The van der Waals surface area contributed by atoms with Gasteiger partial charge in [-0.1, -0.05) is 91.0 Å². The van der Waals surface area contributed by atoms with E-state index in [-0.39, 0.29) is 11.5 Å². The maximum atomic E-state index is 13.3. The molecular weight excluding hydrogens is 450 g/mol. The molecule has 36 heavy (non-hydrogen) atoms. The molecule has 0 aliphatic rings. The third-order valence-electron chi connectivity index (χ3n) is 5.84. The van der Waals surface area contributed by atoms with Crippen LogP contribution in [0.3, 0.4) is 0 Å². The molecule has 0 radical (unpaired) electrons. The largest absolute Gasteiger partial charge is 0.455 e. The summed E-state index contributed by atoms with van der Waals surface area (Å²) in [5.41, 5.74) is 4.48. The summed E-state index contributed by atoms with van der Waals surface area (Å²) >= 11 is 0. The quantitative estimate of drug-likeness (QED) is 0.105. The number of nitro groups is 1. The summed E-state index contributed by atoms with van der Waals surface area (Å²) in [6, 6.07) is 36.8. The smallest absolute Gasteiger partial charge is 0.269 e. The number of furan rings is 1. The number of rotatable bonds is 7. The molecule has 0 atom stereocenters. The highest BCUT2D eigenvalue weighted by Crippen LogP contribution is 2.39. The SMILES string of the molecule is O=C(C=C(c1ccccc1)c1oc(-c2ccccc2)cc1-c1ccccc1)c1ccc([N+](=O)[O-])cc1. The van der Waals surface area contributed by atoms with Crippen LogP contribution in [-0.4, -0.2) is 10.7 Å². The van der Waals surface area contributed by atoms with Crippen molar-refractivity contribution in [3.8, 4) is 22.5 Å². The molecule has 5 nitrogen and oxygen atoms in total. The maximum absolute atomic E-state index is 13.3. The molecule has 174 valence electrons. The van der Waals surface area contributed by atoms with E-state index in [0.29, 0.717) is 22.7 Å². The average molecular weight is 472 g/mol. The van der Waals surface area contributed by atoms with Gasteiger partial charge in [0.05, 0.1) is 4.92 Å². The van der Waals surface area contributed by atoms with Crippen LogP contribution in [0.2, 0.25) is 0 Å². The Morgan fingerprint density at radius 2 is 1.25 bits per heavy atom. The molecule has 0 spiro atoms. The Kier molecular flexibility index (Phi) is 6.36. The van der Waals surface area contributed by atoms with E-state index in [1.165, 1.54) is 30.3 Å². The predicted molar refractivity (Wildman–Crippen MR) is 141 cm³/mol. The maximum Gasteiger partial charge on any atom is 0.269 e. The highest BCUT2D eigenvalue weighted by Gasteiger charge is 2.21. The fourth-order valence-electron chi connectivity index (χ4n) is 4.03. The van der Waals surface area contributed by atoms with Crippen LogP contribution in [0.5, 0.6) is 0 Å². The molecule has 0 aliphatic heterocycles. The molecule has 0 amide bonds. The van der Waals surface area contributed by atoms with Crippen molar-refractivity contribution in [3.63, 3.8) is 0 Å². The molecule has 0 bridgehead atoms. The fourth-order valence-corrected chi connectivity index (χ4v) is 4.03. The summed E-state index contributed by atoms with van der Waals surface area (Å²) in [4.78, 5) is 23.9. The lowest BCUT2D eigenvalue weighted by atomic mass is 9.95. The summed E-state index contributed by atoms with van der Waals surface area (Å²) < 4.78 is 6.45. The van der Waals surface area contributed by atoms with Crippen LogP contribution in [-0.2, 0) is 0 Å². The van der Waals surface area contributed by atoms with Gasteiger partial charge in [0.25, 0.3) is 5.69 Å². The number of ketones is 1. The molecule has 0 fully saturated rings. The van der Waals surface area contributed by atoms with E-state index >= 15 is 0 Å². The lowest BCUT2D eigenvalue weighted by Gasteiger charge is -2.09. The molecule has 5 heteroatoms. The van der Waals surface area contributed by atoms with Gasteiger partial charge in [-0.05, 0) is 35.4 Å². The minimum atomic E-state index is -0.487. The van der Waals surface area contributed by atoms with Crippen LogP contribution in [0.25, 0.3) is 28.0 Å². The van der Waals surface area contributed by atoms with Crippen molar-refractivity contribution in [3.05, 3.63) is 154 Å². The first-order valence-corrected chi connectivity index (χ1v) is 11.4. The number of hydrogen-bond acceptors (Lipinski definition) is 4. The molecule has 1 heterocycles. The van der Waals surface area contributed by atoms with Gasteiger partial charge in [-0.2, -0.15) is 0 Å². The lowest BCUT2D eigenvalue weighted by Crippen LogP contribution is -1.99. The van der Waals surface area contributed by atoms with Crippen LogP contribution in [0.1, 0.15) is 21.7 Å². The zero-order valence-corrected chi connectivity index (χ0v) is 19.2. The van der Waals surface area contributed by atoms with E-state index in [4.69, 9.17) is 4.42 Å². The second-order valence-electron chi connectivity index (χ2n) is 8.18. The molecule has 0 N–H and O–H groups in total. The second-order valence-corrected chi connectivity index (χ2v) is 8.18. The first kappa shape index (κ1) is 22.7. The Balaban J connectivity index is 1.68. The Labute approximate surface area is 208 Å². The predicted octanol–water partition coefficient (Wildman–Crippen LogP) is 7.84. The first-order valence-electron chi connectivity index (χ1n) is 11.4. The average Bonchev–Trinajstić information content (AvgIpc) is 3.38. The van der Waals surface area contributed by atoms with E-state index in [1.807, 2.05) is 97.1 Å².